The predicted molar refractivity (Wildman–Crippen MR) is 66.3 cm³/mol. The minimum absolute atomic E-state index is 0.726. The van der Waals surface area contributed by atoms with Gasteiger partial charge in [0.1, 0.15) is 0 Å². The van der Waals surface area contributed by atoms with Gasteiger partial charge in [0.2, 0.25) is 0 Å². The Labute approximate surface area is 98.1 Å². The van der Waals surface area contributed by atoms with Crippen LogP contribution in [0.4, 0.5) is 0 Å². The molecule has 1 fully saturated rings. The lowest BCUT2D eigenvalue weighted by molar-refractivity contribution is -0.134. The second-order valence-electron chi connectivity index (χ2n) is 4.62. The third kappa shape index (κ3) is 3.84. The van der Waals surface area contributed by atoms with E-state index in [4.69, 9.17) is 9.90 Å². The molecule has 16 heavy (non-hydrogen) atoms. The molecule has 2 heteroatoms. The number of hydrogen-bond acceptors (Lipinski definition) is 1. The van der Waals surface area contributed by atoms with Crippen LogP contribution in [0.5, 0.6) is 0 Å². The predicted octanol–water partition coefficient (Wildman–Crippen LogP) is 3.79. The zero-order valence-corrected chi connectivity index (χ0v) is 10.1. The summed E-state index contributed by atoms with van der Waals surface area (Å²) in [6.07, 6.45) is 13.0. The Hall–Kier alpha value is -1.05. The van der Waals surface area contributed by atoms with Crippen molar-refractivity contribution in [3.8, 4) is 0 Å². The molecule has 0 amide bonds. The molecular formula is C14H22O2. The fourth-order valence-corrected chi connectivity index (χ4v) is 2.74. The van der Waals surface area contributed by atoms with E-state index in [1.807, 2.05) is 0 Å². The standard InChI is InChI=1S/C12H18.C2H4O2/c1-2-10-7-5-8-11-6-3-4-9-12(10)11;1-2(3)4/h2,9-11H,1,3-8H2;1H3,(H,3,4). The average molecular weight is 222 g/mol. The second-order valence-corrected chi connectivity index (χ2v) is 4.62. The molecule has 0 aromatic carbocycles. The van der Waals surface area contributed by atoms with Gasteiger partial charge in [-0.25, -0.2) is 0 Å². The molecule has 0 aromatic rings. The number of carbonyl (C=O) groups is 1. The van der Waals surface area contributed by atoms with E-state index in [0.717, 1.165) is 18.8 Å². The van der Waals surface area contributed by atoms with Gasteiger partial charge in [0, 0.05) is 6.92 Å². The van der Waals surface area contributed by atoms with Crippen molar-refractivity contribution in [2.45, 2.75) is 45.4 Å². The van der Waals surface area contributed by atoms with Crippen LogP contribution in [0.2, 0.25) is 0 Å². The summed E-state index contributed by atoms with van der Waals surface area (Å²) in [5, 5.41) is 7.42. The first kappa shape index (κ1) is 13.0. The maximum atomic E-state index is 9.00. The van der Waals surface area contributed by atoms with Gasteiger partial charge < -0.3 is 5.11 Å². The molecule has 0 aliphatic heterocycles. The van der Waals surface area contributed by atoms with E-state index in [1.165, 1.54) is 38.5 Å². The fourth-order valence-electron chi connectivity index (χ4n) is 2.74. The van der Waals surface area contributed by atoms with Crippen LogP contribution in [-0.4, -0.2) is 11.1 Å². The van der Waals surface area contributed by atoms with Crippen molar-refractivity contribution >= 4 is 5.97 Å². The highest BCUT2D eigenvalue weighted by atomic mass is 16.4. The molecule has 2 aliphatic rings. The molecule has 2 unspecified atom stereocenters. The smallest absolute Gasteiger partial charge is 0.300 e. The van der Waals surface area contributed by atoms with E-state index in [-0.39, 0.29) is 0 Å². The zero-order valence-electron chi connectivity index (χ0n) is 10.1. The van der Waals surface area contributed by atoms with Crippen molar-refractivity contribution in [1.82, 2.24) is 0 Å². The molecule has 2 nitrogen and oxygen atoms in total. The number of carboxylic acids is 1. The zero-order chi connectivity index (χ0) is 12.0. The first-order valence-corrected chi connectivity index (χ1v) is 6.17. The molecule has 0 radical (unpaired) electrons. The van der Waals surface area contributed by atoms with Crippen LogP contribution in [0, 0.1) is 11.8 Å². The maximum absolute atomic E-state index is 9.00. The van der Waals surface area contributed by atoms with Crippen LogP contribution in [0.3, 0.4) is 0 Å². The van der Waals surface area contributed by atoms with Gasteiger partial charge in [0.25, 0.3) is 5.97 Å². The van der Waals surface area contributed by atoms with Crippen LogP contribution in [-0.2, 0) is 4.79 Å². The molecule has 2 aliphatic carbocycles. The van der Waals surface area contributed by atoms with Crippen molar-refractivity contribution in [3.05, 3.63) is 24.3 Å². The molecule has 0 heterocycles. The summed E-state index contributed by atoms with van der Waals surface area (Å²) >= 11 is 0. The lowest BCUT2D eigenvalue weighted by Gasteiger charge is -2.33. The van der Waals surface area contributed by atoms with Gasteiger partial charge in [0.15, 0.2) is 0 Å². The summed E-state index contributed by atoms with van der Waals surface area (Å²) in [6, 6.07) is 0. The molecule has 1 saturated carbocycles. The Morgan fingerprint density at radius 1 is 1.44 bits per heavy atom. The molecule has 1 N–H and O–H groups in total. The number of hydrogen-bond donors (Lipinski definition) is 1. The number of allylic oxidation sites excluding steroid dienone is 3. The Kier molecular flexibility index (Phi) is 5.30. The first-order valence-electron chi connectivity index (χ1n) is 6.17. The summed E-state index contributed by atoms with van der Waals surface area (Å²) < 4.78 is 0. The van der Waals surface area contributed by atoms with Crippen LogP contribution in [0.15, 0.2) is 24.3 Å². The summed E-state index contributed by atoms with van der Waals surface area (Å²) in [4.78, 5) is 9.00. The number of fused-ring (bicyclic) bond motifs is 1. The number of rotatable bonds is 1. The summed E-state index contributed by atoms with van der Waals surface area (Å²) in [7, 11) is 0. The Morgan fingerprint density at radius 3 is 2.69 bits per heavy atom. The van der Waals surface area contributed by atoms with E-state index in [0.29, 0.717) is 0 Å². The van der Waals surface area contributed by atoms with Gasteiger partial charge in [0.05, 0.1) is 0 Å². The second kappa shape index (κ2) is 6.51. The van der Waals surface area contributed by atoms with Crippen molar-refractivity contribution < 1.29 is 9.90 Å². The van der Waals surface area contributed by atoms with Crippen molar-refractivity contribution in [2.24, 2.45) is 11.8 Å². The monoisotopic (exact) mass is 222 g/mol. The van der Waals surface area contributed by atoms with E-state index in [2.05, 4.69) is 18.7 Å². The van der Waals surface area contributed by atoms with Gasteiger partial charge in [-0.2, -0.15) is 0 Å². The quantitative estimate of drug-likeness (QED) is 0.685. The van der Waals surface area contributed by atoms with Crippen LogP contribution >= 0.6 is 0 Å². The minimum atomic E-state index is -0.833. The molecule has 2 rings (SSSR count). The Balaban J connectivity index is 0.000000280. The first-order chi connectivity index (χ1) is 7.65. The maximum Gasteiger partial charge on any atom is 0.300 e. The van der Waals surface area contributed by atoms with Gasteiger partial charge in [-0.1, -0.05) is 24.1 Å². The van der Waals surface area contributed by atoms with Crippen LogP contribution < -0.4 is 0 Å². The van der Waals surface area contributed by atoms with Gasteiger partial charge in [-0.05, 0) is 43.9 Å². The summed E-state index contributed by atoms with van der Waals surface area (Å²) in [5.74, 6) is 0.819. The van der Waals surface area contributed by atoms with E-state index in [1.54, 1.807) is 5.57 Å². The van der Waals surface area contributed by atoms with Gasteiger partial charge >= 0.3 is 0 Å². The lowest BCUT2D eigenvalue weighted by atomic mass is 9.72. The normalized spacial score (nSPS) is 27.9. The lowest BCUT2D eigenvalue weighted by Crippen LogP contribution is -2.20. The highest BCUT2D eigenvalue weighted by Crippen LogP contribution is 2.40. The largest absolute Gasteiger partial charge is 0.481 e. The minimum Gasteiger partial charge on any atom is -0.481 e. The molecule has 0 saturated heterocycles. The third-order valence-electron chi connectivity index (χ3n) is 3.39. The van der Waals surface area contributed by atoms with Gasteiger partial charge in [-0.3, -0.25) is 4.79 Å². The summed E-state index contributed by atoms with van der Waals surface area (Å²) in [6.45, 7) is 5.02. The van der Waals surface area contributed by atoms with E-state index < -0.39 is 5.97 Å². The molecule has 90 valence electrons. The summed E-state index contributed by atoms with van der Waals surface area (Å²) in [5.41, 5.74) is 1.72. The number of carboxylic acid groups (broad SMARTS) is 1. The molecule has 0 aromatic heterocycles. The highest BCUT2D eigenvalue weighted by Gasteiger charge is 2.26. The molecular weight excluding hydrogens is 200 g/mol. The van der Waals surface area contributed by atoms with Crippen LogP contribution in [0.1, 0.15) is 45.4 Å². The molecule has 2 atom stereocenters. The average Bonchev–Trinajstić information content (AvgIpc) is 2.27. The van der Waals surface area contributed by atoms with Crippen molar-refractivity contribution in [2.75, 3.05) is 0 Å². The Bertz CT molecular complexity index is 274. The van der Waals surface area contributed by atoms with E-state index >= 15 is 0 Å². The SMILES string of the molecule is C=CC1CCCC2CCCC=C12.CC(=O)O. The van der Waals surface area contributed by atoms with Crippen molar-refractivity contribution in [1.29, 1.82) is 0 Å². The number of aliphatic carboxylic acids is 1. The third-order valence-corrected chi connectivity index (χ3v) is 3.39. The van der Waals surface area contributed by atoms with Crippen LogP contribution in [0.25, 0.3) is 0 Å². The Morgan fingerprint density at radius 2 is 2.06 bits per heavy atom. The molecule has 0 spiro atoms. The van der Waals surface area contributed by atoms with Crippen molar-refractivity contribution in [3.63, 3.8) is 0 Å². The van der Waals surface area contributed by atoms with Gasteiger partial charge in [-0.15, -0.1) is 6.58 Å². The van der Waals surface area contributed by atoms with E-state index in [9.17, 15) is 0 Å². The fraction of sp³-hybridized carbons (Fsp3) is 0.643. The highest BCUT2D eigenvalue weighted by molar-refractivity contribution is 5.62. The topological polar surface area (TPSA) is 37.3 Å². The molecule has 0 bridgehead atoms.